The van der Waals surface area contributed by atoms with Gasteiger partial charge in [-0.25, -0.2) is 18.7 Å². The van der Waals surface area contributed by atoms with E-state index >= 15 is 0 Å². The van der Waals surface area contributed by atoms with E-state index in [2.05, 4.69) is 20.0 Å². The number of phenols is 1. The number of hydrogen-bond acceptors (Lipinski definition) is 6. The number of fused-ring (bicyclic) bond motifs is 2. The van der Waals surface area contributed by atoms with Crippen molar-refractivity contribution in [3.05, 3.63) is 42.3 Å². The third kappa shape index (κ3) is 4.20. The van der Waals surface area contributed by atoms with Gasteiger partial charge >= 0.3 is 0 Å². The molecule has 172 valence electrons. The highest BCUT2D eigenvalue weighted by Gasteiger charge is 2.21. The van der Waals surface area contributed by atoms with E-state index in [-0.39, 0.29) is 11.6 Å². The Morgan fingerprint density at radius 2 is 1.82 bits per heavy atom. The number of hydrogen-bond donors (Lipinski definition) is 2. The molecule has 4 aromatic rings. The van der Waals surface area contributed by atoms with Crippen molar-refractivity contribution in [3.63, 3.8) is 0 Å². The maximum atomic E-state index is 14.5. The summed E-state index contributed by atoms with van der Waals surface area (Å²) >= 11 is 0. The molecule has 9 heteroatoms. The van der Waals surface area contributed by atoms with Crippen LogP contribution in [0, 0.1) is 5.82 Å². The van der Waals surface area contributed by atoms with E-state index in [9.17, 15) is 13.9 Å². The van der Waals surface area contributed by atoms with Crippen molar-refractivity contribution < 1.29 is 13.9 Å². The molecule has 1 aliphatic carbocycles. The fraction of sp³-hybridized carbons (Fsp3) is 0.375. The average molecular weight is 453 g/mol. The molecule has 6 rings (SSSR count). The molecule has 0 amide bonds. The lowest BCUT2D eigenvalue weighted by Crippen LogP contribution is -2.26. The molecule has 1 saturated heterocycles. The Morgan fingerprint density at radius 1 is 1.09 bits per heavy atom. The molecule has 1 aromatic carbocycles. The summed E-state index contributed by atoms with van der Waals surface area (Å²) in [6.45, 7) is 1.69. The number of alkyl halides is 1. The van der Waals surface area contributed by atoms with Gasteiger partial charge in [0.1, 0.15) is 17.5 Å². The van der Waals surface area contributed by atoms with E-state index in [1.807, 2.05) is 18.2 Å². The molecule has 2 aliphatic rings. The molecule has 1 saturated carbocycles. The van der Waals surface area contributed by atoms with E-state index in [4.69, 9.17) is 5.73 Å². The third-order valence-corrected chi connectivity index (χ3v) is 6.21. The molecule has 3 N–H and O–H groups in total. The molecule has 2 fully saturated rings. The molecule has 0 bridgehead atoms. The van der Waals surface area contributed by atoms with Gasteiger partial charge in [-0.15, -0.1) is 0 Å². The van der Waals surface area contributed by atoms with Crippen molar-refractivity contribution in [2.75, 3.05) is 18.0 Å². The van der Waals surface area contributed by atoms with Crippen molar-refractivity contribution in [2.45, 2.75) is 37.9 Å². The summed E-state index contributed by atoms with van der Waals surface area (Å²) in [5.74, 6) is -0.316. The first-order valence-corrected chi connectivity index (χ1v) is 11.2. The maximum absolute atomic E-state index is 14.5. The van der Waals surface area contributed by atoms with Crippen molar-refractivity contribution in [1.29, 1.82) is 0 Å². The number of nitrogens with zero attached hydrogens (tertiary/aromatic N) is 5. The van der Waals surface area contributed by atoms with Crippen LogP contribution in [-0.2, 0) is 7.05 Å². The maximum Gasteiger partial charge on any atom is 0.193 e. The Labute approximate surface area is 189 Å². The Hall–Kier alpha value is -3.33. The number of aromatic nitrogens is 4. The highest BCUT2D eigenvalue weighted by atomic mass is 19.1. The van der Waals surface area contributed by atoms with E-state index in [0.29, 0.717) is 22.2 Å². The van der Waals surface area contributed by atoms with E-state index in [1.165, 1.54) is 4.68 Å². The van der Waals surface area contributed by atoms with Crippen LogP contribution in [0.15, 0.2) is 36.5 Å². The normalized spacial score (nSPS) is 18.4. The van der Waals surface area contributed by atoms with Crippen LogP contribution in [0.1, 0.15) is 25.7 Å². The molecule has 1 atom stereocenters. The Kier molecular flexibility index (Phi) is 5.57. The summed E-state index contributed by atoms with van der Waals surface area (Å²) in [6.07, 6.45) is 4.98. The zero-order valence-corrected chi connectivity index (χ0v) is 18.4. The highest BCUT2D eigenvalue weighted by Crippen LogP contribution is 2.36. The summed E-state index contributed by atoms with van der Waals surface area (Å²) in [5.41, 5.74) is 8.35. The number of halogens is 2. The van der Waals surface area contributed by atoms with Gasteiger partial charge in [0.05, 0.1) is 16.7 Å². The van der Waals surface area contributed by atoms with Gasteiger partial charge in [-0.05, 0) is 56.0 Å². The molecule has 33 heavy (non-hydrogen) atoms. The van der Waals surface area contributed by atoms with Gasteiger partial charge in [0, 0.05) is 43.3 Å². The van der Waals surface area contributed by atoms with Crippen LogP contribution in [0.25, 0.3) is 33.2 Å². The van der Waals surface area contributed by atoms with Gasteiger partial charge < -0.3 is 15.7 Å². The van der Waals surface area contributed by atoms with Crippen LogP contribution in [0.4, 0.5) is 14.6 Å². The molecule has 1 unspecified atom stereocenters. The summed E-state index contributed by atoms with van der Waals surface area (Å²) < 4.78 is 27.6. The number of rotatable bonds is 2. The standard InChI is InChI=1S/C20H19FN6O.C4H7F/c1-26-9-11-8-13(20(28)18(21)19(11)25-26)14-2-3-16-15(23-14)4-5-17(24-16)27-7-6-12(22)10-27;5-4-2-1-3-4/h2-5,8-9,12,28H,6-7,10,22H2,1H3;4H,1-3H2. The van der Waals surface area contributed by atoms with Crippen molar-refractivity contribution in [3.8, 4) is 17.0 Å². The molecule has 4 heterocycles. The minimum absolute atomic E-state index is 0.139. The van der Waals surface area contributed by atoms with Crippen LogP contribution >= 0.6 is 0 Å². The van der Waals surface area contributed by atoms with Gasteiger partial charge in [0.2, 0.25) is 0 Å². The van der Waals surface area contributed by atoms with E-state index in [0.717, 1.165) is 50.1 Å². The first-order valence-electron chi connectivity index (χ1n) is 11.2. The second-order valence-electron chi connectivity index (χ2n) is 8.75. The van der Waals surface area contributed by atoms with E-state index < -0.39 is 17.7 Å². The monoisotopic (exact) mass is 452 g/mol. The van der Waals surface area contributed by atoms with Gasteiger partial charge in [-0.2, -0.15) is 5.10 Å². The summed E-state index contributed by atoms with van der Waals surface area (Å²) in [7, 11) is 1.71. The van der Waals surface area contributed by atoms with Crippen LogP contribution < -0.4 is 10.6 Å². The van der Waals surface area contributed by atoms with Crippen LogP contribution in [0.3, 0.4) is 0 Å². The van der Waals surface area contributed by atoms with Gasteiger partial charge in [0.15, 0.2) is 11.6 Å². The lowest BCUT2D eigenvalue weighted by molar-refractivity contribution is 0.211. The van der Waals surface area contributed by atoms with Crippen molar-refractivity contribution in [2.24, 2.45) is 12.8 Å². The van der Waals surface area contributed by atoms with Crippen molar-refractivity contribution in [1.82, 2.24) is 19.7 Å². The van der Waals surface area contributed by atoms with Gasteiger partial charge in [-0.1, -0.05) is 0 Å². The number of aryl methyl sites for hydroxylation is 1. The Bertz CT molecular complexity index is 1320. The fourth-order valence-corrected chi connectivity index (χ4v) is 4.11. The summed E-state index contributed by atoms with van der Waals surface area (Å²) in [6, 6.07) is 9.26. The molecule has 0 radical (unpaired) electrons. The van der Waals surface area contributed by atoms with Crippen LogP contribution in [-0.4, -0.2) is 50.2 Å². The molecule has 1 aliphatic heterocycles. The van der Waals surface area contributed by atoms with Crippen molar-refractivity contribution >= 4 is 27.8 Å². The summed E-state index contributed by atoms with van der Waals surface area (Å²) in [4.78, 5) is 11.4. The average Bonchev–Trinajstić information content (AvgIpc) is 3.39. The molecule has 3 aromatic heterocycles. The first-order chi connectivity index (χ1) is 15.9. The largest absolute Gasteiger partial charge is 0.504 e. The number of benzene rings is 1. The molecular weight excluding hydrogens is 426 g/mol. The quantitative estimate of drug-likeness (QED) is 0.476. The fourth-order valence-electron chi connectivity index (χ4n) is 4.11. The number of nitrogens with two attached hydrogens (primary N) is 1. The predicted octanol–water partition coefficient (Wildman–Crippen LogP) is 4.07. The number of phenolic OH excluding ortho intramolecular Hbond substituents is 1. The van der Waals surface area contributed by atoms with Gasteiger partial charge in [0.25, 0.3) is 0 Å². The summed E-state index contributed by atoms with van der Waals surface area (Å²) in [5, 5.41) is 15.0. The Balaban J connectivity index is 0.000000406. The predicted molar refractivity (Wildman–Crippen MR) is 124 cm³/mol. The van der Waals surface area contributed by atoms with E-state index in [1.54, 1.807) is 25.4 Å². The Morgan fingerprint density at radius 3 is 2.48 bits per heavy atom. The van der Waals surface area contributed by atoms with Crippen LogP contribution in [0.5, 0.6) is 5.75 Å². The molecule has 0 spiro atoms. The molecular formula is C24H26F2N6O. The zero-order chi connectivity index (χ0) is 23.1. The number of pyridine rings is 2. The SMILES string of the molecule is Cn1cc2cc(-c3ccc4nc(N5CCC(N)C5)ccc4n3)c(O)c(F)c2n1.FC1CCC1. The molecule has 7 nitrogen and oxygen atoms in total. The lowest BCUT2D eigenvalue weighted by atomic mass is 9.98. The lowest BCUT2D eigenvalue weighted by Gasteiger charge is -2.17. The zero-order valence-electron chi connectivity index (χ0n) is 18.4. The second kappa shape index (κ2) is 8.55. The minimum Gasteiger partial charge on any atom is -0.504 e. The second-order valence-corrected chi connectivity index (χ2v) is 8.75. The highest BCUT2D eigenvalue weighted by molar-refractivity contribution is 5.89. The third-order valence-electron chi connectivity index (χ3n) is 6.21. The van der Waals surface area contributed by atoms with Gasteiger partial charge in [-0.3, -0.25) is 4.68 Å². The minimum atomic E-state index is -0.742. The topological polar surface area (TPSA) is 93.1 Å². The number of anilines is 1. The smallest absolute Gasteiger partial charge is 0.193 e. The van der Waals surface area contributed by atoms with Crippen LogP contribution in [0.2, 0.25) is 0 Å². The number of aromatic hydroxyl groups is 1. The first kappa shape index (κ1) is 21.5.